The van der Waals surface area contributed by atoms with E-state index in [0.29, 0.717) is 22.7 Å². The van der Waals surface area contributed by atoms with Gasteiger partial charge in [0.1, 0.15) is 6.04 Å². The number of fused-ring (bicyclic) bond motifs is 1. The molecule has 0 radical (unpaired) electrons. The quantitative estimate of drug-likeness (QED) is 0.178. The van der Waals surface area contributed by atoms with Crippen molar-refractivity contribution in [2.75, 3.05) is 29.9 Å². The number of aromatic nitrogens is 3. The van der Waals surface area contributed by atoms with Gasteiger partial charge in [0.05, 0.1) is 10.4 Å². The predicted octanol–water partition coefficient (Wildman–Crippen LogP) is 3.50. The van der Waals surface area contributed by atoms with Gasteiger partial charge >= 0.3 is 5.97 Å². The smallest absolute Gasteiger partial charge is 0.323 e. The Balaban J connectivity index is 1.14. The van der Waals surface area contributed by atoms with Gasteiger partial charge < -0.3 is 25.6 Å². The number of aliphatic carboxylic acids is 1. The summed E-state index contributed by atoms with van der Waals surface area (Å²) in [5, 5.41) is 15.7. The molecular formula is C31H37N7O5S. The van der Waals surface area contributed by atoms with E-state index in [9.17, 15) is 23.1 Å². The molecule has 1 saturated heterocycles. The summed E-state index contributed by atoms with van der Waals surface area (Å²) in [6.45, 7) is 6.85. The van der Waals surface area contributed by atoms with Gasteiger partial charge in [0, 0.05) is 43.1 Å². The highest BCUT2D eigenvalue weighted by molar-refractivity contribution is 7.89. The van der Waals surface area contributed by atoms with Crippen LogP contribution in [0.15, 0.2) is 71.8 Å². The van der Waals surface area contributed by atoms with Crippen molar-refractivity contribution >= 4 is 44.7 Å². The van der Waals surface area contributed by atoms with E-state index in [2.05, 4.69) is 35.2 Å². The molecule has 13 heteroatoms. The highest BCUT2D eigenvalue weighted by Crippen LogP contribution is 2.29. The number of imidazole rings is 1. The Kier molecular flexibility index (Phi) is 8.88. The van der Waals surface area contributed by atoms with Crippen LogP contribution in [0.5, 0.6) is 0 Å². The van der Waals surface area contributed by atoms with Crippen molar-refractivity contribution in [3.8, 4) is 0 Å². The van der Waals surface area contributed by atoms with E-state index >= 15 is 0 Å². The lowest BCUT2D eigenvalue weighted by atomic mass is 9.87. The zero-order valence-electron chi connectivity index (χ0n) is 24.9. The molecule has 0 unspecified atom stereocenters. The summed E-state index contributed by atoms with van der Waals surface area (Å²) in [5.41, 5.74) is 2.96. The molecule has 232 valence electrons. The first-order valence-corrected chi connectivity index (χ1v) is 15.9. The maximum Gasteiger partial charge on any atom is 0.323 e. The van der Waals surface area contributed by atoms with E-state index < -0.39 is 39.9 Å². The summed E-state index contributed by atoms with van der Waals surface area (Å²) in [7, 11) is -4.18. The molecule has 44 heavy (non-hydrogen) atoms. The minimum atomic E-state index is -4.18. The summed E-state index contributed by atoms with van der Waals surface area (Å²) in [6, 6.07) is 16.0. The third-order valence-electron chi connectivity index (χ3n) is 7.63. The largest absolute Gasteiger partial charge is 0.480 e. The molecule has 2 aromatic heterocycles. The van der Waals surface area contributed by atoms with Crippen LogP contribution in [0.25, 0.3) is 11.2 Å². The number of hydrogen-bond donors (Lipinski definition) is 5. The van der Waals surface area contributed by atoms with Crippen molar-refractivity contribution in [2.45, 2.75) is 56.0 Å². The van der Waals surface area contributed by atoms with Gasteiger partial charge in [-0.15, -0.1) is 0 Å². The van der Waals surface area contributed by atoms with E-state index in [1.807, 2.05) is 45.0 Å². The number of sulfonamides is 1. The lowest BCUT2D eigenvalue weighted by Crippen LogP contribution is -2.48. The molecule has 0 bridgehead atoms. The van der Waals surface area contributed by atoms with Crippen molar-refractivity contribution in [3.63, 3.8) is 0 Å². The Morgan fingerprint density at radius 2 is 1.75 bits per heavy atom. The van der Waals surface area contributed by atoms with Crippen molar-refractivity contribution in [2.24, 2.45) is 0 Å². The normalized spacial score (nSPS) is 15.2. The van der Waals surface area contributed by atoms with Gasteiger partial charge in [-0.3, -0.25) is 9.59 Å². The second kappa shape index (κ2) is 12.6. The zero-order chi connectivity index (χ0) is 31.5. The molecule has 1 amide bonds. The molecule has 3 heterocycles. The number of carbonyl (C=O) groups is 2. The number of nitrogens with one attached hydrogen (secondary N) is 4. The highest BCUT2D eigenvalue weighted by atomic mass is 32.2. The molecule has 1 aliphatic heterocycles. The molecule has 1 fully saturated rings. The van der Waals surface area contributed by atoms with Crippen LogP contribution in [0.2, 0.25) is 0 Å². The van der Waals surface area contributed by atoms with Crippen LogP contribution >= 0.6 is 0 Å². The fraction of sp³-hybridized carbons (Fsp3) is 0.355. The number of carboxylic acid groups (broad SMARTS) is 1. The summed E-state index contributed by atoms with van der Waals surface area (Å²) < 4.78 is 28.6. The van der Waals surface area contributed by atoms with Gasteiger partial charge in [0.2, 0.25) is 16.0 Å². The number of piperidine rings is 1. The molecule has 1 atom stereocenters. The second-order valence-corrected chi connectivity index (χ2v) is 13.6. The minimum absolute atomic E-state index is 0.00677. The number of aromatic amines is 1. The average molecular weight is 620 g/mol. The van der Waals surface area contributed by atoms with E-state index in [0.717, 1.165) is 37.1 Å². The van der Waals surface area contributed by atoms with Crippen LogP contribution in [-0.4, -0.2) is 72.1 Å². The van der Waals surface area contributed by atoms with Crippen LogP contribution < -0.4 is 20.3 Å². The lowest BCUT2D eigenvalue weighted by Gasteiger charge is -2.34. The van der Waals surface area contributed by atoms with Crippen molar-refractivity contribution in [1.29, 1.82) is 0 Å². The summed E-state index contributed by atoms with van der Waals surface area (Å²) >= 11 is 0. The van der Waals surface area contributed by atoms with Gasteiger partial charge in [0.25, 0.3) is 5.91 Å². The summed E-state index contributed by atoms with van der Waals surface area (Å²) in [6.07, 6.45) is 3.52. The molecule has 2 aromatic carbocycles. The van der Waals surface area contributed by atoms with Crippen LogP contribution in [0.4, 0.5) is 11.6 Å². The molecule has 0 aliphatic carbocycles. The van der Waals surface area contributed by atoms with Gasteiger partial charge in [0.15, 0.2) is 5.65 Å². The van der Waals surface area contributed by atoms with Gasteiger partial charge in [-0.1, -0.05) is 39.0 Å². The zero-order valence-corrected chi connectivity index (χ0v) is 25.7. The topological polar surface area (TPSA) is 169 Å². The first-order chi connectivity index (χ1) is 20.9. The van der Waals surface area contributed by atoms with Gasteiger partial charge in [-0.05, 0) is 66.3 Å². The Morgan fingerprint density at radius 1 is 1.05 bits per heavy atom. The Labute approximate surface area is 256 Å². The van der Waals surface area contributed by atoms with E-state index in [4.69, 9.17) is 0 Å². The monoisotopic (exact) mass is 619 g/mol. The maximum absolute atomic E-state index is 13.2. The molecule has 5 rings (SSSR count). The molecule has 0 saturated carbocycles. The predicted molar refractivity (Wildman–Crippen MR) is 168 cm³/mol. The molecule has 0 spiro atoms. The van der Waals surface area contributed by atoms with E-state index in [1.54, 1.807) is 36.5 Å². The number of carboxylic acids is 1. The summed E-state index contributed by atoms with van der Waals surface area (Å²) in [5.74, 6) is -1.19. The number of pyridine rings is 1. The second-order valence-electron chi connectivity index (χ2n) is 11.9. The molecular weight excluding hydrogens is 582 g/mol. The third-order valence-corrected chi connectivity index (χ3v) is 9.16. The number of amides is 1. The number of nitrogens with zero attached hydrogens (tertiary/aromatic N) is 3. The van der Waals surface area contributed by atoms with Crippen molar-refractivity contribution in [1.82, 2.24) is 25.0 Å². The average Bonchev–Trinajstić information content (AvgIpc) is 3.41. The Bertz CT molecular complexity index is 1710. The van der Waals surface area contributed by atoms with Crippen LogP contribution in [0, 0.1) is 0 Å². The fourth-order valence-corrected chi connectivity index (χ4v) is 6.87. The molecule has 5 N–H and O–H groups in total. The number of rotatable bonds is 10. The Morgan fingerprint density at radius 3 is 2.41 bits per heavy atom. The van der Waals surface area contributed by atoms with Crippen LogP contribution in [-0.2, 0) is 20.2 Å². The van der Waals surface area contributed by atoms with E-state index in [1.165, 1.54) is 6.07 Å². The van der Waals surface area contributed by atoms with Crippen LogP contribution in [0.3, 0.4) is 0 Å². The third kappa shape index (κ3) is 7.17. The molecule has 12 nitrogen and oxygen atoms in total. The number of hydrogen-bond acceptors (Lipinski definition) is 8. The van der Waals surface area contributed by atoms with Gasteiger partial charge in [-0.25, -0.2) is 13.4 Å². The Hall–Kier alpha value is -4.49. The van der Waals surface area contributed by atoms with Crippen molar-refractivity contribution < 1.29 is 23.1 Å². The van der Waals surface area contributed by atoms with Crippen molar-refractivity contribution in [3.05, 3.63) is 78.0 Å². The first kappa shape index (κ1) is 31.0. The first-order valence-electron chi connectivity index (χ1n) is 14.5. The number of H-pyrrole nitrogens is 1. The SMILES string of the molecule is CC(C)(C)c1ccccc1S(=O)(=O)N[C@@H](CNC(=O)c1ccc(N2CCC(Nc3nc4ncccc4[nH]3)CC2)cc1)C(=O)O. The number of benzene rings is 2. The fourth-order valence-electron chi connectivity index (χ4n) is 5.26. The number of anilines is 2. The van der Waals surface area contributed by atoms with Gasteiger partial charge in [-0.2, -0.15) is 9.71 Å². The molecule has 4 aromatic rings. The standard InChI is InChI=1S/C31H37N7O5S/c1-31(2,3)23-7-4-5-9-26(23)44(42,43)37-25(29(40)41)19-33-28(39)20-10-12-22(13-11-20)38-17-14-21(15-18-38)34-30-35-24-8-6-16-32-27(24)36-30/h4-13,16,21,25,37H,14-15,17-19H2,1-3H3,(H,33,39)(H,40,41)(H2,32,34,35,36)/t25-/m0/s1. The highest BCUT2D eigenvalue weighted by Gasteiger charge is 2.30. The maximum atomic E-state index is 13.2. The number of carbonyl (C=O) groups excluding carboxylic acids is 1. The van der Waals surface area contributed by atoms with E-state index in [-0.39, 0.29) is 10.9 Å². The minimum Gasteiger partial charge on any atom is -0.480 e. The lowest BCUT2D eigenvalue weighted by molar-refractivity contribution is -0.138. The summed E-state index contributed by atoms with van der Waals surface area (Å²) in [4.78, 5) is 39.0. The van der Waals surface area contributed by atoms with Crippen LogP contribution in [0.1, 0.15) is 49.5 Å². The molecule has 1 aliphatic rings.